The van der Waals surface area contributed by atoms with E-state index in [1.807, 2.05) is 37.3 Å². The fourth-order valence-electron chi connectivity index (χ4n) is 3.33. The molecule has 120 valence electrons. The number of hydrogen-bond donors (Lipinski definition) is 1. The van der Waals surface area contributed by atoms with Crippen LogP contribution in [0.1, 0.15) is 16.7 Å². The third-order valence-corrected chi connectivity index (χ3v) is 4.54. The van der Waals surface area contributed by atoms with Gasteiger partial charge >= 0.3 is 0 Å². The van der Waals surface area contributed by atoms with Gasteiger partial charge in [0.05, 0.1) is 0 Å². The highest BCUT2D eigenvalue weighted by Crippen LogP contribution is 2.34. The molecule has 0 saturated carbocycles. The third kappa shape index (κ3) is 2.73. The van der Waals surface area contributed by atoms with Crippen molar-refractivity contribution in [1.82, 2.24) is 0 Å². The fourth-order valence-corrected chi connectivity index (χ4v) is 3.33. The molecule has 0 aromatic heterocycles. The van der Waals surface area contributed by atoms with Crippen LogP contribution in [0.2, 0.25) is 0 Å². The van der Waals surface area contributed by atoms with Gasteiger partial charge in [-0.3, -0.25) is 4.79 Å². The van der Waals surface area contributed by atoms with E-state index in [9.17, 15) is 4.79 Å². The highest BCUT2D eigenvalue weighted by molar-refractivity contribution is 6.05. The Labute approximate surface area is 141 Å². The van der Waals surface area contributed by atoms with Gasteiger partial charge in [-0.25, -0.2) is 0 Å². The second-order valence-corrected chi connectivity index (χ2v) is 6.26. The highest BCUT2D eigenvalue weighted by atomic mass is 16.5. The van der Waals surface area contributed by atoms with E-state index in [1.165, 1.54) is 22.1 Å². The predicted molar refractivity (Wildman–Crippen MR) is 96.7 cm³/mol. The SMILES string of the molecule is Cc1ccc(OCC(=O)Nc2ccc3c4c(cccc24)CC3)cc1. The summed E-state index contributed by atoms with van der Waals surface area (Å²) < 4.78 is 5.55. The third-order valence-electron chi connectivity index (χ3n) is 4.54. The Balaban J connectivity index is 1.50. The van der Waals surface area contributed by atoms with Crippen LogP contribution < -0.4 is 10.1 Å². The molecule has 24 heavy (non-hydrogen) atoms. The first kappa shape index (κ1) is 14.8. The minimum Gasteiger partial charge on any atom is -0.484 e. The predicted octanol–water partition coefficient (Wildman–Crippen LogP) is 4.26. The Kier molecular flexibility index (Phi) is 3.69. The van der Waals surface area contributed by atoms with Crippen LogP contribution in [0, 0.1) is 6.92 Å². The van der Waals surface area contributed by atoms with E-state index in [0.717, 1.165) is 23.9 Å². The van der Waals surface area contributed by atoms with Crippen molar-refractivity contribution in [2.75, 3.05) is 11.9 Å². The molecule has 0 fully saturated rings. The van der Waals surface area contributed by atoms with Gasteiger partial charge in [-0.1, -0.05) is 42.0 Å². The number of nitrogens with one attached hydrogen (secondary N) is 1. The van der Waals surface area contributed by atoms with Gasteiger partial charge in [0.2, 0.25) is 0 Å². The van der Waals surface area contributed by atoms with Crippen LogP contribution in [-0.2, 0) is 17.6 Å². The molecule has 3 nitrogen and oxygen atoms in total. The molecule has 0 heterocycles. The van der Waals surface area contributed by atoms with E-state index < -0.39 is 0 Å². The molecule has 0 atom stereocenters. The zero-order valence-corrected chi connectivity index (χ0v) is 13.6. The quantitative estimate of drug-likeness (QED) is 0.780. The standard InChI is InChI=1S/C21H19NO2/c1-14-5-10-17(11-6-14)24-13-20(23)22-19-12-9-16-8-7-15-3-2-4-18(19)21(15)16/h2-6,9-12H,7-8,13H2,1H3,(H,22,23). The van der Waals surface area contributed by atoms with Crippen molar-refractivity contribution in [1.29, 1.82) is 0 Å². The van der Waals surface area contributed by atoms with Crippen molar-refractivity contribution in [3.05, 3.63) is 71.3 Å². The second kappa shape index (κ2) is 6.00. The van der Waals surface area contributed by atoms with E-state index in [0.29, 0.717) is 5.75 Å². The van der Waals surface area contributed by atoms with Gasteiger partial charge in [-0.15, -0.1) is 0 Å². The average Bonchev–Trinajstić information content (AvgIpc) is 3.02. The molecule has 0 unspecified atom stereocenters. The molecule has 3 aromatic rings. The lowest BCUT2D eigenvalue weighted by Gasteiger charge is -2.11. The van der Waals surface area contributed by atoms with Crippen LogP contribution in [0.3, 0.4) is 0 Å². The summed E-state index contributed by atoms with van der Waals surface area (Å²) in [6.45, 7) is 2.03. The van der Waals surface area contributed by atoms with Crippen molar-refractivity contribution >= 4 is 22.4 Å². The van der Waals surface area contributed by atoms with Crippen molar-refractivity contribution in [3.8, 4) is 5.75 Å². The number of anilines is 1. The number of rotatable bonds is 4. The number of carbonyl (C=O) groups excluding carboxylic acids is 1. The van der Waals surface area contributed by atoms with Gasteiger partial charge in [-0.2, -0.15) is 0 Å². The summed E-state index contributed by atoms with van der Waals surface area (Å²) in [4.78, 5) is 12.2. The smallest absolute Gasteiger partial charge is 0.262 e. The van der Waals surface area contributed by atoms with Crippen LogP contribution in [0.4, 0.5) is 5.69 Å². The Hall–Kier alpha value is -2.81. The molecule has 3 aromatic carbocycles. The van der Waals surface area contributed by atoms with E-state index in [4.69, 9.17) is 4.74 Å². The number of carbonyl (C=O) groups is 1. The first-order chi connectivity index (χ1) is 11.7. The Bertz CT molecular complexity index is 903. The van der Waals surface area contributed by atoms with Gasteiger partial charge in [0.1, 0.15) is 5.75 Å². The fraction of sp³-hybridized carbons (Fsp3) is 0.190. The van der Waals surface area contributed by atoms with E-state index in [1.54, 1.807) is 0 Å². The monoisotopic (exact) mass is 317 g/mol. The molecule has 1 aliphatic carbocycles. The molecule has 0 radical (unpaired) electrons. The number of aryl methyl sites for hydroxylation is 3. The molecule has 4 rings (SSSR count). The summed E-state index contributed by atoms with van der Waals surface area (Å²) in [5.41, 5.74) is 4.76. The lowest BCUT2D eigenvalue weighted by molar-refractivity contribution is -0.118. The summed E-state index contributed by atoms with van der Waals surface area (Å²) in [6.07, 6.45) is 2.17. The Morgan fingerprint density at radius 2 is 1.75 bits per heavy atom. The first-order valence-corrected chi connectivity index (χ1v) is 8.23. The first-order valence-electron chi connectivity index (χ1n) is 8.23. The van der Waals surface area contributed by atoms with Crippen LogP contribution >= 0.6 is 0 Å². The minimum atomic E-state index is -0.144. The maximum Gasteiger partial charge on any atom is 0.262 e. The maximum absolute atomic E-state index is 12.2. The molecular formula is C21H19NO2. The summed E-state index contributed by atoms with van der Waals surface area (Å²) in [5, 5.41) is 5.40. The average molecular weight is 317 g/mol. The molecule has 0 spiro atoms. The molecule has 0 saturated heterocycles. The molecule has 1 aliphatic rings. The molecular weight excluding hydrogens is 298 g/mol. The highest BCUT2D eigenvalue weighted by Gasteiger charge is 2.16. The minimum absolute atomic E-state index is 0.00595. The van der Waals surface area contributed by atoms with E-state index in [-0.39, 0.29) is 12.5 Å². The molecule has 3 heteroatoms. The van der Waals surface area contributed by atoms with Crippen LogP contribution in [0.5, 0.6) is 5.75 Å². The van der Waals surface area contributed by atoms with E-state index in [2.05, 4.69) is 29.6 Å². The Morgan fingerprint density at radius 1 is 1.00 bits per heavy atom. The lowest BCUT2D eigenvalue weighted by Crippen LogP contribution is -2.20. The van der Waals surface area contributed by atoms with Gasteiger partial charge in [0, 0.05) is 11.1 Å². The van der Waals surface area contributed by atoms with Crippen LogP contribution in [-0.4, -0.2) is 12.5 Å². The number of hydrogen-bond acceptors (Lipinski definition) is 2. The van der Waals surface area contributed by atoms with Gasteiger partial charge in [0.15, 0.2) is 6.61 Å². The van der Waals surface area contributed by atoms with Crippen molar-refractivity contribution < 1.29 is 9.53 Å². The molecule has 1 amide bonds. The normalized spacial score (nSPS) is 12.4. The summed E-state index contributed by atoms with van der Waals surface area (Å²) >= 11 is 0. The van der Waals surface area contributed by atoms with E-state index >= 15 is 0 Å². The zero-order valence-electron chi connectivity index (χ0n) is 13.6. The topological polar surface area (TPSA) is 38.3 Å². The van der Waals surface area contributed by atoms with Crippen LogP contribution in [0.25, 0.3) is 10.8 Å². The van der Waals surface area contributed by atoms with Gasteiger partial charge in [-0.05, 0) is 54.5 Å². The largest absolute Gasteiger partial charge is 0.484 e. The Morgan fingerprint density at radius 3 is 2.54 bits per heavy atom. The summed E-state index contributed by atoms with van der Waals surface area (Å²) in [7, 11) is 0. The summed E-state index contributed by atoms with van der Waals surface area (Å²) in [6, 6.07) is 18.1. The second-order valence-electron chi connectivity index (χ2n) is 6.26. The summed E-state index contributed by atoms with van der Waals surface area (Å²) in [5.74, 6) is 0.561. The molecule has 0 aliphatic heterocycles. The lowest BCUT2D eigenvalue weighted by atomic mass is 10.0. The number of benzene rings is 3. The van der Waals surface area contributed by atoms with Crippen molar-refractivity contribution in [2.24, 2.45) is 0 Å². The van der Waals surface area contributed by atoms with Crippen molar-refractivity contribution in [3.63, 3.8) is 0 Å². The maximum atomic E-state index is 12.2. The van der Waals surface area contributed by atoms with Gasteiger partial charge in [0.25, 0.3) is 5.91 Å². The van der Waals surface area contributed by atoms with Crippen LogP contribution in [0.15, 0.2) is 54.6 Å². The molecule has 0 bridgehead atoms. The van der Waals surface area contributed by atoms with Gasteiger partial charge < -0.3 is 10.1 Å². The van der Waals surface area contributed by atoms with Crippen molar-refractivity contribution in [2.45, 2.75) is 19.8 Å². The number of ether oxygens (including phenoxy) is 1. The zero-order chi connectivity index (χ0) is 16.5. The molecule has 1 N–H and O–H groups in total. The number of amides is 1.